The van der Waals surface area contributed by atoms with Crippen LogP contribution in [0.5, 0.6) is 0 Å². The average molecular weight is 360 g/mol. The van der Waals surface area contributed by atoms with Gasteiger partial charge in [-0.3, -0.25) is 9.59 Å². The van der Waals surface area contributed by atoms with Crippen LogP contribution in [0.2, 0.25) is 0 Å². The number of carbonyl (C=O) groups is 2. The first-order valence-electron chi connectivity index (χ1n) is 9.53. The second-order valence-electron chi connectivity index (χ2n) is 6.97. The minimum atomic E-state index is -0.0263. The van der Waals surface area contributed by atoms with Crippen molar-refractivity contribution in [1.82, 2.24) is 15.5 Å². The molecule has 0 unspecified atom stereocenters. The zero-order chi connectivity index (χ0) is 16.3. The molecule has 2 rings (SSSR count). The molecule has 0 spiro atoms. The molecule has 2 amide bonds. The third kappa shape index (κ3) is 8.34. The maximum absolute atomic E-state index is 12.0. The Morgan fingerprint density at radius 1 is 0.958 bits per heavy atom. The van der Waals surface area contributed by atoms with Crippen LogP contribution in [0.25, 0.3) is 0 Å². The van der Waals surface area contributed by atoms with Crippen molar-refractivity contribution in [2.75, 3.05) is 26.2 Å². The van der Waals surface area contributed by atoms with Crippen LogP contribution in [-0.2, 0) is 9.59 Å². The molecule has 6 heteroatoms. The highest BCUT2D eigenvalue weighted by Gasteiger charge is 2.18. The predicted octanol–water partition coefficient (Wildman–Crippen LogP) is 2.63. The van der Waals surface area contributed by atoms with Crippen LogP contribution in [0.4, 0.5) is 0 Å². The van der Waals surface area contributed by atoms with E-state index in [1.54, 1.807) is 4.90 Å². The summed E-state index contributed by atoms with van der Waals surface area (Å²) in [6, 6.07) is 0.616. The SMILES string of the molecule is Cl.O=C(CN1CCCCCCC1=O)NCCNC1CCCCCC1. The van der Waals surface area contributed by atoms with Gasteiger partial charge in [0.25, 0.3) is 0 Å². The van der Waals surface area contributed by atoms with Crippen molar-refractivity contribution < 1.29 is 9.59 Å². The van der Waals surface area contributed by atoms with Crippen molar-refractivity contribution in [3.05, 3.63) is 0 Å². The highest BCUT2D eigenvalue weighted by Crippen LogP contribution is 2.16. The molecule has 1 aliphatic carbocycles. The fraction of sp³-hybridized carbons (Fsp3) is 0.889. The highest BCUT2D eigenvalue weighted by molar-refractivity contribution is 5.85. The van der Waals surface area contributed by atoms with E-state index in [0.717, 1.165) is 38.8 Å². The van der Waals surface area contributed by atoms with Crippen molar-refractivity contribution in [2.24, 2.45) is 0 Å². The standard InChI is InChI=1S/C18H33N3O2.ClH/c22-17(15-21-14-8-4-3-7-11-18(21)23)20-13-12-19-16-9-5-1-2-6-10-16;/h16,19H,1-15H2,(H,20,22);1H. The fourth-order valence-corrected chi connectivity index (χ4v) is 3.57. The van der Waals surface area contributed by atoms with Gasteiger partial charge in [-0.1, -0.05) is 38.5 Å². The summed E-state index contributed by atoms with van der Waals surface area (Å²) >= 11 is 0. The van der Waals surface area contributed by atoms with Crippen LogP contribution in [0.15, 0.2) is 0 Å². The average Bonchev–Trinajstić information content (AvgIpc) is 2.80. The van der Waals surface area contributed by atoms with Crippen molar-refractivity contribution in [2.45, 2.75) is 76.7 Å². The Bertz CT molecular complexity index is 371. The van der Waals surface area contributed by atoms with E-state index < -0.39 is 0 Å². The molecular weight excluding hydrogens is 326 g/mol. The van der Waals surface area contributed by atoms with Crippen molar-refractivity contribution in [3.63, 3.8) is 0 Å². The number of likely N-dealkylation sites (tertiary alicyclic amines) is 1. The summed E-state index contributed by atoms with van der Waals surface area (Å²) in [4.78, 5) is 25.8. The quantitative estimate of drug-likeness (QED) is 0.566. The summed E-state index contributed by atoms with van der Waals surface area (Å²) in [6.07, 6.45) is 12.8. The molecule has 1 heterocycles. The van der Waals surface area contributed by atoms with Crippen molar-refractivity contribution >= 4 is 24.2 Å². The maximum Gasteiger partial charge on any atom is 0.239 e. The van der Waals surface area contributed by atoms with Gasteiger partial charge in [0.15, 0.2) is 0 Å². The Morgan fingerprint density at radius 2 is 1.62 bits per heavy atom. The van der Waals surface area contributed by atoms with E-state index in [9.17, 15) is 9.59 Å². The van der Waals surface area contributed by atoms with Gasteiger partial charge in [-0.15, -0.1) is 12.4 Å². The number of amides is 2. The minimum Gasteiger partial charge on any atom is -0.353 e. The molecule has 0 aromatic carbocycles. The Kier molecular flexibility index (Phi) is 11.1. The van der Waals surface area contributed by atoms with Gasteiger partial charge >= 0.3 is 0 Å². The topological polar surface area (TPSA) is 61.4 Å². The maximum atomic E-state index is 12.0. The highest BCUT2D eigenvalue weighted by atomic mass is 35.5. The number of hydrogen-bond acceptors (Lipinski definition) is 3. The zero-order valence-electron chi connectivity index (χ0n) is 14.9. The summed E-state index contributed by atoms with van der Waals surface area (Å²) in [7, 11) is 0. The normalized spacial score (nSPS) is 20.5. The van der Waals surface area contributed by atoms with Gasteiger partial charge in [0.2, 0.25) is 11.8 Å². The second-order valence-corrected chi connectivity index (χ2v) is 6.97. The summed E-state index contributed by atoms with van der Waals surface area (Å²) in [5.74, 6) is 0.109. The zero-order valence-corrected chi connectivity index (χ0v) is 15.7. The Hall–Kier alpha value is -0.810. The summed E-state index contributed by atoms with van der Waals surface area (Å²) in [5, 5.41) is 6.50. The molecule has 24 heavy (non-hydrogen) atoms. The van der Waals surface area contributed by atoms with Gasteiger partial charge in [-0.25, -0.2) is 0 Å². The van der Waals surface area contributed by atoms with E-state index in [-0.39, 0.29) is 30.8 Å². The van der Waals surface area contributed by atoms with Gasteiger partial charge in [0, 0.05) is 32.1 Å². The molecule has 2 fully saturated rings. The number of nitrogens with zero attached hydrogens (tertiary/aromatic N) is 1. The largest absolute Gasteiger partial charge is 0.353 e. The third-order valence-electron chi connectivity index (χ3n) is 4.99. The lowest BCUT2D eigenvalue weighted by molar-refractivity contribution is -0.136. The van der Waals surface area contributed by atoms with Crippen LogP contribution in [0, 0.1) is 0 Å². The number of halogens is 1. The number of rotatable bonds is 6. The van der Waals surface area contributed by atoms with Crippen molar-refractivity contribution in [1.29, 1.82) is 0 Å². The van der Waals surface area contributed by atoms with Gasteiger partial charge in [0.1, 0.15) is 0 Å². The molecule has 140 valence electrons. The first-order chi connectivity index (χ1) is 11.3. The minimum absolute atomic E-state index is 0. The molecule has 1 aliphatic heterocycles. The molecule has 0 atom stereocenters. The first kappa shape index (κ1) is 21.2. The first-order valence-corrected chi connectivity index (χ1v) is 9.53. The lowest BCUT2D eigenvalue weighted by Crippen LogP contribution is -2.43. The van der Waals surface area contributed by atoms with E-state index in [1.807, 2.05) is 0 Å². The number of hydrogen-bond donors (Lipinski definition) is 2. The molecule has 0 aromatic rings. The van der Waals surface area contributed by atoms with Crippen LogP contribution in [-0.4, -0.2) is 48.9 Å². The fourth-order valence-electron chi connectivity index (χ4n) is 3.57. The summed E-state index contributed by atoms with van der Waals surface area (Å²) in [5.41, 5.74) is 0. The van der Waals surface area contributed by atoms with E-state index in [2.05, 4.69) is 10.6 Å². The second kappa shape index (κ2) is 12.5. The molecule has 2 aliphatic rings. The lowest BCUT2D eigenvalue weighted by Gasteiger charge is -2.24. The molecule has 0 radical (unpaired) electrons. The van der Waals surface area contributed by atoms with E-state index in [4.69, 9.17) is 0 Å². The van der Waals surface area contributed by atoms with Gasteiger partial charge in [-0.2, -0.15) is 0 Å². The Labute approximate surface area is 152 Å². The molecule has 5 nitrogen and oxygen atoms in total. The van der Waals surface area contributed by atoms with Gasteiger partial charge < -0.3 is 15.5 Å². The predicted molar refractivity (Wildman–Crippen MR) is 99.4 cm³/mol. The Balaban J connectivity index is 0.00000288. The third-order valence-corrected chi connectivity index (χ3v) is 4.99. The molecule has 0 bridgehead atoms. The number of nitrogens with one attached hydrogen (secondary N) is 2. The monoisotopic (exact) mass is 359 g/mol. The summed E-state index contributed by atoms with van der Waals surface area (Å²) < 4.78 is 0. The summed E-state index contributed by atoms with van der Waals surface area (Å²) in [6.45, 7) is 2.43. The van der Waals surface area contributed by atoms with Crippen molar-refractivity contribution in [3.8, 4) is 0 Å². The van der Waals surface area contributed by atoms with Crippen LogP contribution in [0.3, 0.4) is 0 Å². The number of carbonyl (C=O) groups excluding carboxylic acids is 2. The molecule has 1 saturated heterocycles. The molecule has 2 N–H and O–H groups in total. The van der Waals surface area contributed by atoms with E-state index in [1.165, 1.54) is 38.5 Å². The van der Waals surface area contributed by atoms with Crippen LogP contribution >= 0.6 is 12.4 Å². The van der Waals surface area contributed by atoms with Crippen LogP contribution < -0.4 is 10.6 Å². The van der Waals surface area contributed by atoms with Gasteiger partial charge in [-0.05, 0) is 25.7 Å². The molecular formula is C18H34ClN3O2. The molecule has 1 saturated carbocycles. The van der Waals surface area contributed by atoms with Gasteiger partial charge in [0.05, 0.1) is 6.54 Å². The molecule has 0 aromatic heterocycles. The Morgan fingerprint density at radius 3 is 2.38 bits per heavy atom. The smallest absolute Gasteiger partial charge is 0.239 e. The van der Waals surface area contributed by atoms with E-state index >= 15 is 0 Å². The van der Waals surface area contributed by atoms with E-state index in [0.29, 0.717) is 19.0 Å². The van der Waals surface area contributed by atoms with Crippen LogP contribution in [0.1, 0.15) is 70.6 Å². The lowest BCUT2D eigenvalue weighted by atomic mass is 10.1.